The second-order valence-electron chi connectivity index (χ2n) is 7.04. The van der Waals surface area contributed by atoms with Gasteiger partial charge in [0.1, 0.15) is 0 Å². The Kier molecular flexibility index (Phi) is 5.35. The van der Waals surface area contributed by atoms with Crippen LogP contribution in [-0.4, -0.2) is 26.5 Å². The molecular weight excluding hydrogens is 324 g/mol. The molecule has 0 bridgehead atoms. The number of benzene rings is 1. The van der Waals surface area contributed by atoms with Gasteiger partial charge in [-0.05, 0) is 19.3 Å². The summed E-state index contributed by atoms with van der Waals surface area (Å²) in [7, 11) is 0. The van der Waals surface area contributed by atoms with Gasteiger partial charge < -0.3 is 5.32 Å². The smallest absolute Gasteiger partial charge is 0.254 e. The van der Waals surface area contributed by atoms with Gasteiger partial charge in [0, 0.05) is 23.9 Å². The zero-order chi connectivity index (χ0) is 18.7. The summed E-state index contributed by atoms with van der Waals surface area (Å²) >= 11 is 0. The lowest BCUT2D eigenvalue weighted by Gasteiger charge is -2.18. The number of nitrogens with zero attached hydrogens (tertiary/aromatic N) is 3. The van der Waals surface area contributed by atoms with Crippen molar-refractivity contribution in [1.29, 1.82) is 0 Å². The number of rotatable bonds is 6. The molecule has 26 heavy (non-hydrogen) atoms. The van der Waals surface area contributed by atoms with Crippen molar-refractivity contribution in [3.8, 4) is 11.3 Å². The molecule has 2 heterocycles. The molecule has 3 rings (SSSR count). The molecule has 3 aromatic rings. The summed E-state index contributed by atoms with van der Waals surface area (Å²) in [5.41, 5.74) is 4.19. The Hall–Kier alpha value is -2.69. The number of amides is 1. The molecule has 1 aromatic carbocycles. The van der Waals surface area contributed by atoms with E-state index in [1.807, 2.05) is 47.8 Å². The van der Waals surface area contributed by atoms with Gasteiger partial charge in [-0.1, -0.05) is 57.5 Å². The molecule has 0 spiro atoms. The SMILES string of the molecule is CCCc1c(C(=O)NC(C)C(C)C)cnc2cc(-c3ccccc3)nn12. The van der Waals surface area contributed by atoms with Crippen LogP contribution in [0.5, 0.6) is 0 Å². The lowest BCUT2D eigenvalue weighted by atomic mass is 10.1. The summed E-state index contributed by atoms with van der Waals surface area (Å²) in [5.74, 6) is 0.292. The van der Waals surface area contributed by atoms with Crippen LogP contribution in [0.25, 0.3) is 16.9 Å². The van der Waals surface area contributed by atoms with Crippen molar-refractivity contribution in [1.82, 2.24) is 19.9 Å². The highest BCUT2D eigenvalue weighted by molar-refractivity contribution is 5.95. The summed E-state index contributed by atoms with van der Waals surface area (Å²) in [4.78, 5) is 17.3. The van der Waals surface area contributed by atoms with Gasteiger partial charge in [-0.15, -0.1) is 0 Å². The molecule has 0 aliphatic carbocycles. The predicted octanol–water partition coefficient (Wildman–Crippen LogP) is 4.12. The van der Waals surface area contributed by atoms with E-state index in [4.69, 9.17) is 5.10 Å². The zero-order valence-corrected chi connectivity index (χ0v) is 15.9. The third-order valence-corrected chi connectivity index (χ3v) is 4.74. The number of hydrogen-bond donors (Lipinski definition) is 1. The Balaban J connectivity index is 2.04. The molecule has 0 fully saturated rings. The monoisotopic (exact) mass is 350 g/mol. The van der Waals surface area contributed by atoms with Gasteiger partial charge in [0.2, 0.25) is 0 Å². The first-order valence-electron chi connectivity index (χ1n) is 9.25. The maximum Gasteiger partial charge on any atom is 0.254 e. The molecule has 0 saturated carbocycles. The summed E-state index contributed by atoms with van der Waals surface area (Å²) in [6, 6.07) is 12.1. The van der Waals surface area contributed by atoms with Gasteiger partial charge in [0.25, 0.3) is 5.91 Å². The number of aryl methyl sites for hydroxylation is 1. The first-order valence-corrected chi connectivity index (χ1v) is 9.25. The molecule has 1 N–H and O–H groups in total. The van der Waals surface area contributed by atoms with Crippen molar-refractivity contribution >= 4 is 11.6 Å². The minimum atomic E-state index is -0.0826. The summed E-state index contributed by atoms with van der Waals surface area (Å²) in [6.45, 7) is 8.32. The lowest BCUT2D eigenvalue weighted by molar-refractivity contribution is 0.0928. The Morgan fingerprint density at radius 1 is 1.19 bits per heavy atom. The largest absolute Gasteiger partial charge is 0.349 e. The topological polar surface area (TPSA) is 59.3 Å². The van der Waals surface area contributed by atoms with Crippen LogP contribution in [0.15, 0.2) is 42.6 Å². The minimum Gasteiger partial charge on any atom is -0.349 e. The van der Waals surface area contributed by atoms with E-state index in [1.165, 1.54) is 0 Å². The first-order chi connectivity index (χ1) is 12.5. The fraction of sp³-hybridized carbons (Fsp3) is 0.381. The molecule has 1 unspecified atom stereocenters. The molecule has 1 atom stereocenters. The van der Waals surface area contributed by atoms with E-state index in [2.05, 4.69) is 31.1 Å². The zero-order valence-electron chi connectivity index (χ0n) is 15.9. The summed E-state index contributed by atoms with van der Waals surface area (Å²) < 4.78 is 1.82. The van der Waals surface area contributed by atoms with Crippen LogP contribution in [-0.2, 0) is 6.42 Å². The number of nitrogens with one attached hydrogen (secondary N) is 1. The van der Waals surface area contributed by atoms with Gasteiger partial charge in [0.15, 0.2) is 5.65 Å². The Bertz CT molecular complexity index is 899. The second kappa shape index (κ2) is 7.68. The molecule has 1 amide bonds. The van der Waals surface area contributed by atoms with Gasteiger partial charge in [-0.3, -0.25) is 4.79 Å². The molecule has 136 valence electrons. The van der Waals surface area contributed by atoms with Crippen LogP contribution < -0.4 is 5.32 Å². The van der Waals surface area contributed by atoms with E-state index < -0.39 is 0 Å². The number of fused-ring (bicyclic) bond motifs is 1. The minimum absolute atomic E-state index is 0.0826. The first kappa shape index (κ1) is 18.1. The number of hydrogen-bond acceptors (Lipinski definition) is 3. The normalized spacial score (nSPS) is 12.5. The van der Waals surface area contributed by atoms with Crippen LogP contribution >= 0.6 is 0 Å². The molecule has 0 aliphatic heterocycles. The Morgan fingerprint density at radius 3 is 2.58 bits per heavy atom. The standard InChI is InChI=1S/C21H26N4O/c1-5-9-19-17(21(26)23-15(4)14(2)3)13-22-20-12-18(24-25(19)20)16-10-7-6-8-11-16/h6-8,10-15H,5,9H2,1-4H3,(H,23,26). The van der Waals surface area contributed by atoms with Crippen molar-refractivity contribution in [2.24, 2.45) is 5.92 Å². The fourth-order valence-electron chi connectivity index (χ4n) is 2.85. The molecular formula is C21H26N4O. The molecule has 5 heteroatoms. The van der Waals surface area contributed by atoms with E-state index in [-0.39, 0.29) is 11.9 Å². The van der Waals surface area contributed by atoms with Crippen LogP contribution in [0.1, 0.15) is 50.2 Å². The van der Waals surface area contributed by atoms with Crippen molar-refractivity contribution in [2.75, 3.05) is 0 Å². The van der Waals surface area contributed by atoms with E-state index in [0.717, 1.165) is 35.4 Å². The second-order valence-corrected chi connectivity index (χ2v) is 7.04. The van der Waals surface area contributed by atoms with Crippen molar-refractivity contribution < 1.29 is 4.79 Å². The van der Waals surface area contributed by atoms with Crippen molar-refractivity contribution in [2.45, 2.75) is 46.6 Å². The lowest BCUT2D eigenvalue weighted by Crippen LogP contribution is -2.37. The maximum atomic E-state index is 12.8. The van der Waals surface area contributed by atoms with Crippen LogP contribution in [0, 0.1) is 5.92 Å². The van der Waals surface area contributed by atoms with Crippen LogP contribution in [0.3, 0.4) is 0 Å². The predicted molar refractivity (Wildman–Crippen MR) is 104 cm³/mol. The highest BCUT2D eigenvalue weighted by Gasteiger charge is 2.19. The molecule has 0 aliphatic rings. The van der Waals surface area contributed by atoms with Crippen molar-refractivity contribution in [3.63, 3.8) is 0 Å². The third-order valence-electron chi connectivity index (χ3n) is 4.74. The highest BCUT2D eigenvalue weighted by atomic mass is 16.1. The van der Waals surface area contributed by atoms with Crippen LogP contribution in [0.4, 0.5) is 0 Å². The molecule has 5 nitrogen and oxygen atoms in total. The van der Waals surface area contributed by atoms with Crippen molar-refractivity contribution in [3.05, 3.63) is 53.9 Å². The number of carbonyl (C=O) groups excluding carboxylic acids is 1. The van der Waals surface area contributed by atoms with Crippen LogP contribution in [0.2, 0.25) is 0 Å². The number of aromatic nitrogens is 3. The van der Waals surface area contributed by atoms with E-state index in [0.29, 0.717) is 11.5 Å². The quantitative estimate of drug-likeness (QED) is 0.727. The average Bonchev–Trinajstić information content (AvgIpc) is 3.07. The Labute approximate surface area is 154 Å². The summed E-state index contributed by atoms with van der Waals surface area (Å²) in [6.07, 6.45) is 3.38. The Morgan fingerprint density at radius 2 is 1.92 bits per heavy atom. The van der Waals surface area contributed by atoms with Gasteiger partial charge in [-0.25, -0.2) is 9.50 Å². The van der Waals surface area contributed by atoms with E-state index in [9.17, 15) is 4.79 Å². The third kappa shape index (κ3) is 3.62. The van der Waals surface area contributed by atoms with E-state index in [1.54, 1.807) is 6.20 Å². The van der Waals surface area contributed by atoms with Gasteiger partial charge in [0.05, 0.1) is 17.0 Å². The van der Waals surface area contributed by atoms with Gasteiger partial charge >= 0.3 is 0 Å². The molecule has 2 aromatic heterocycles. The fourth-order valence-corrected chi connectivity index (χ4v) is 2.85. The molecule has 0 saturated heterocycles. The van der Waals surface area contributed by atoms with E-state index >= 15 is 0 Å². The maximum absolute atomic E-state index is 12.8. The highest BCUT2D eigenvalue weighted by Crippen LogP contribution is 2.21. The summed E-state index contributed by atoms with van der Waals surface area (Å²) in [5, 5.41) is 7.81. The molecule has 0 radical (unpaired) electrons. The average molecular weight is 350 g/mol. The van der Waals surface area contributed by atoms with Gasteiger partial charge in [-0.2, -0.15) is 5.10 Å². The number of carbonyl (C=O) groups is 1.